The number of hydrogen-bond acceptors (Lipinski definition) is 4. The van der Waals surface area contributed by atoms with Gasteiger partial charge in [0.1, 0.15) is 0 Å². The molecule has 33 heavy (non-hydrogen) atoms. The number of hydrogen-bond donors (Lipinski definition) is 3. The van der Waals surface area contributed by atoms with Crippen molar-refractivity contribution in [3.8, 4) is 0 Å². The van der Waals surface area contributed by atoms with Gasteiger partial charge < -0.3 is 10.4 Å². The third kappa shape index (κ3) is 7.21. The first-order chi connectivity index (χ1) is 15.6. The van der Waals surface area contributed by atoms with E-state index in [4.69, 9.17) is 28.3 Å². The maximum Gasteiger partial charge on any atom is 0.335 e. The molecule has 3 aromatic carbocycles. The molecule has 0 unspecified atom stereocenters. The molecule has 172 valence electrons. The molecule has 0 aromatic heterocycles. The molecule has 0 heterocycles. The lowest BCUT2D eigenvalue weighted by atomic mass is 10.1. The van der Waals surface area contributed by atoms with E-state index in [1.165, 1.54) is 36.4 Å². The number of anilines is 1. The van der Waals surface area contributed by atoms with Crippen LogP contribution >= 0.6 is 23.2 Å². The van der Waals surface area contributed by atoms with Crippen LogP contribution in [0.4, 0.5) is 5.69 Å². The summed E-state index contributed by atoms with van der Waals surface area (Å²) < 4.78 is 27.3. The van der Waals surface area contributed by atoms with Crippen LogP contribution in [0.5, 0.6) is 0 Å². The molecule has 3 N–H and O–H groups in total. The molecule has 0 saturated carbocycles. The molecule has 0 fully saturated rings. The Morgan fingerprint density at radius 1 is 0.879 bits per heavy atom. The molecular weight excluding hydrogens is 487 g/mol. The molecule has 3 aromatic rings. The number of nitrogens with one attached hydrogen (secondary N) is 2. The summed E-state index contributed by atoms with van der Waals surface area (Å²) in [5.41, 5.74) is 2.28. The highest BCUT2D eigenvalue weighted by Gasteiger charge is 2.13. The van der Waals surface area contributed by atoms with Crippen LogP contribution in [-0.4, -0.2) is 31.2 Å². The largest absolute Gasteiger partial charge is 0.478 e. The quantitative estimate of drug-likeness (QED) is 0.392. The van der Waals surface area contributed by atoms with E-state index in [9.17, 15) is 18.0 Å². The van der Waals surface area contributed by atoms with Crippen LogP contribution in [0.25, 0.3) is 0 Å². The van der Waals surface area contributed by atoms with Crippen molar-refractivity contribution < 1.29 is 23.1 Å². The van der Waals surface area contributed by atoms with Crippen LogP contribution in [0.3, 0.4) is 0 Å². The second kappa shape index (κ2) is 10.7. The minimum Gasteiger partial charge on any atom is -0.478 e. The normalized spacial score (nSPS) is 11.1. The van der Waals surface area contributed by atoms with Gasteiger partial charge in [-0.3, -0.25) is 9.52 Å². The maximum absolute atomic E-state index is 12.4. The highest BCUT2D eigenvalue weighted by atomic mass is 35.5. The lowest BCUT2D eigenvalue weighted by Crippen LogP contribution is -2.23. The van der Waals surface area contributed by atoms with Gasteiger partial charge in [0.25, 0.3) is 5.91 Å². The fourth-order valence-corrected chi connectivity index (χ4v) is 4.53. The predicted octanol–water partition coefficient (Wildman–Crippen LogP) is 4.61. The van der Waals surface area contributed by atoms with Crippen LogP contribution < -0.4 is 10.0 Å². The molecule has 0 saturated heterocycles. The number of halogens is 2. The summed E-state index contributed by atoms with van der Waals surface area (Å²) in [6, 6.07) is 17.1. The van der Waals surface area contributed by atoms with Crippen molar-refractivity contribution >= 4 is 50.8 Å². The Balaban J connectivity index is 1.54. The molecule has 1 amide bonds. The standard InChI is InChI=1S/C23H20Cl2N2O5S/c24-19-8-5-16(21(25)13-19)11-12-33(31,32)27-20-9-6-17(7-10-20)22(28)26-14-15-1-3-18(4-2-15)23(29)30/h1-10,13,27H,11-12,14H2,(H,26,28)(H,29,30). The summed E-state index contributed by atoms with van der Waals surface area (Å²) in [5, 5.41) is 12.5. The summed E-state index contributed by atoms with van der Waals surface area (Å²) >= 11 is 11.9. The van der Waals surface area contributed by atoms with E-state index in [-0.39, 0.29) is 30.2 Å². The number of aryl methyl sites for hydroxylation is 1. The molecule has 0 bridgehead atoms. The Morgan fingerprint density at radius 3 is 2.12 bits per heavy atom. The van der Waals surface area contributed by atoms with E-state index in [1.54, 1.807) is 30.3 Å². The van der Waals surface area contributed by atoms with Crippen LogP contribution in [0.2, 0.25) is 10.0 Å². The van der Waals surface area contributed by atoms with Gasteiger partial charge in [0.05, 0.1) is 11.3 Å². The lowest BCUT2D eigenvalue weighted by molar-refractivity contribution is 0.0696. The number of aromatic carboxylic acids is 1. The van der Waals surface area contributed by atoms with Crippen molar-refractivity contribution in [1.82, 2.24) is 5.32 Å². The van der Waals surface area contributed by atoms with Crippen molar-refractivity contribution in [3.05, 3.63) is 99.0 Å². The van der Waals surface area contributed by atoms with Crippen molar-refractivity contribution in [1.29, 1.82) is 0 Å². The first-order valence-corrected chi connectivity index (χ1v) is 12.2. The minimum atomic E-state index is -3.63. The first kappa shape index (κ1) is 24.6. The van der Waals surface area contributed by atoms with Gasteiger partial charge in [-0.2, -0.15) is 0 Å². The van der Waals surface area contributed by atoms with Crippen LogP contribution in [0, 0.1) is 0 Å². The van der Waals surface area contributed by atoms with E-state index in [0.717, 1.165) is 5.56 Å². The molecule has 0 radical (unpaired) electrons. The molecule has 7 nitrogen and oxygen atoms in total. The Kier molecular flexibility index (Phi) is 7.97. The van der Waals surface area contributed by atoms with Gasteiger partial charge in [-0.1, -0.05) is 41.4 Å². The Morgan fingerprint density at radius 2 is 1.52 bits per heavy atom. The number of carbonyl (C=O) groups is 2. The monoisotopic (exact) mass is 506 g/mol. The number of carboxylic acids is 1. The summed E-state index contributed by atoms with van der Waals surface area (Å²) in [6.45, 7) is 0.223. The maximum atomic E-state index is 12.4. The van der Waals surface area contributed by atoms with Crippen molar-refractivity contribution in [2.24, 2.45) is 0 Å². The third-order valence-electron chi connectivity index (χ3n) is 4.73. The van der Waals surface area contributed by atoms with Gasteiger partial charge >= 0.3 is 5.97 Å². The third-order valence-corrected chi connectivity index (χ3v) is 6.60. The molecule has 0 atom stereocenters. The predicted molar refractivity (Wildman–Crippen MR) is 129 cm³/mol. The van der Waals surface area contributed by atoms with Crippen LogP contribution in [-0.2, 0) is 23.0 Å². The number of carboxylic acid groups (broad SMARTS) is 1. The van der Waals surface area contributed by atoms with E-state index in [2.05, 4.69) is 10.0 Å². The minimum absolute atomic E-state index is 0.166. The molecule has 0 aliphatic heterocycles. The fourth-order valence-electron chi connectivity index (χ4n) is 2.94. The molecule has 0 spiro atoms. The van der Waals surface area contributed by atoms with Crippen molar-refractivity contribution in [2.75, 3.05) is 10.5 Å². The summed E-state index contributed by atoms with van der Waals surface area (Å²) in [5.74, 6) is -1.53. The molecule has 10 heteroatoms. The van der Waals surface area contributed by atoms with Crippen LogP contribution in [0.15, 0.2) is 66.7 Å². The smallest absolute Gasteiger partial charge is 0.335 e. The number of sulfonamides is 1. The zero-order valence-corrected chi connectivity index (χ0v) is 19.5. The summed E-state index contributed by atoms with van der Waals surface area (Å²) in [4.78, 5) is 23.2. The molecule has 3 rings (SSSR count). The SMILES string of the molecule is O=C(O)c1ccc(CNC(=O)c2ccc(NS(=O)(=O)CCc3ccc(Cl)cc3Cl)cc2)cc1. The topological polar surface area (TPSA) is 113 Å². The zero-order chi connectivity index (χ0) is 24.0. The Hall–Kier alpha value is -3.07. The van der Waals surface area contributed by atoms with E-state index in [1.807, 2.05) is 0 Å². The molecule has 0 aliphatic carbocycles. The first-order valence-electron chi connectivity index (χ1n) is 9.78. The average molecular weight is 507 g/mol. The van der Waals surface area contributed by atoms with Gasteiger partial charge in [-0.25, -0.2) is 13.2 Å². The van der Waals surface area contributed by atoms with Crippen LogP contribution in [0.1, 0.15) is 31.8 Å². The van der Waals surface area contributed by atoms with Gasteiger partial charge in [-0.15, -0.1) is 0 Å². The number of amides is 1. The summed E-state index contributed by atoms with van der Waals surface area (Å²) in [6.07, 6.45) is 0.221. The molecule has 0 aliphatic rings. The second-order valence-corrected chi connectivity index (χ2v) is 9.85. The Bertz CT molecular complexity index is 1260. The highest BCUT2D eigenvalue weighted by molar-refractivity contribution is 7.92. The van der Waals surface area contributed by atoms with Crippen molar-refractivity contribution in [3.63, 3.8) is 0 Å². The van der Waals surface area contributed by atoms with Gasteiger partial charge in [0.15, 0.2) is 0 Å². The average Bonchev–Trinajstić information content (AvgIpc) is 2.77. The van der Waals surface area contributed by atoms with Gasteiger partial charge in [-0.05, 0) is 66.1 Å². The Labute approximate surface area is 201 Å². The lowest BCUT2D eigenvalue weighted by Gasteiger charge is -2.10. The van der Waals surface area contributed by atoms with Gasteiger partial charge in [0, 0.05) is 27.8 Å². The van der Waals surface area contributed by atoms with Crippen molar-refractivity contribution in [2.45, 2.75) is 13.0 Å². The zero-order valence-electron chi connectivity index (χ0n) is 17.2. The number of rotatable bonds is 9. The number of benzene rings is 3. The van der Waals surface area contributed by atoms with E-state index in [0.29, 0.717) is 26.9 Å². The van der Waals surface area contributed by atoms with E-state index < -0.39 is 16.0 Å². The highest BCUT2D eigenvalue weighted by Crippen LogP contribution is 2.22. The van der Waals surface area contributed by atoms with E-state index >= 15 is 0 Å². The van der Waals surface area contributed by atoms with Gasteiger partial charge in [0.2, 0.25) is 10.0 Å². The number of carbonyl (C=O) groups excluding carboxylic acids is 1. The second-order valence-electron chi connectivity index (χ2n) is 7.17. The summed E-state index contributed by atoms with van der Waals surface area (Å²) in [7, 11) is -3.63. The fraction of sp³-hybridized carbons (Fsp3) is 0.130. The molecular formula is C23H20Cl2N2O5S.